The molecule has 1 fully saturated rings. The number of fused-ring (bicyclic) bond motifs is 1. The van der Waals surface area contributed by atoms with Gasteiger partial charge >= 0.3 is 0 Å². The molecule has 25 heavy (non-hydrogen) atoms. The zero-order valence-corrected chi connectivity index (χ0v) is 14.2. The highest BCUT2D eigenvalue weighted by atomic mass is 16.2. The maximum Gasteiger partial charge on any atom is 0.256 e. The van der Waals surface area contributed by atoms with E-state index < -0.39 is 0 Å². The van der Waals surface area contributed by atoms with Crippen LogP contribution < -0.4 is 4.90 Å². The van der Waals surface area contributed by atoms with Crippen molar-refractivity contribution in [3.63, 3.8) is 0 Å². The molecule has 126 valence electrons. The number of para-hydroxylation sites is 1. The maximum atomic E-state index is 12.2. The lowest BCUT2D eigenvalue weighted by Gasteiger charge is -2.32. The monoisotopic (exact) mass is 332 g/mol. The quantitative estimate of drug-likeness (QED) is 0.627. The average molecular weight is 332 g/mol. The lowest BCUT2D eigenvalue weighted by Crippen LogP contribution is -2.30. The predicted molar refractivity (Wildman–Crippen MR) is 98.0 cm³/mol. The Bertz CT molecular complexity index is 885. The van der Waals surface area contributed by atoms with E-state index in [-0.39, 0.29) is 18.2 Å². The molecule has 4 nitrogen and oxygen atoms in total. The highest BCUT2D eigenvalue weighted by Gasteiger charge is 2.30. The molecular formula is C21H20N2O2. The molecule has 2 aliphatic rings. The largest absolute Gasteiger partial charge is 0.366 e. The molecule has 1 saturated heterocycles. The van der Waals surface area contributed by atoms with E-state index in [1.54, 1.807) is 7.05 Å². The Morgan fingerprint density at radius 1 is 0.960 bits per heavy atom. The summed E-state index contributed by atoms with van der Waals surface area (Å²) in [5.74, 6) is -0.329. The van der Waals surface area contributed by atoms with E-state index in [0.717, 1.165) is 30.8 Å². The van der Waals surface area contributed by atoms with Crippen molar-refractivity contribution in [3.8, 4) is 0 Å². The molecule has 0 radical (unpaired) electrons. The number of carbonyl (C=O) groups excluding carboxylic acids is 2. The Labute approximate surface area is 147 Å². The van der Waals surface area contributed by atoms with E-state index in [0.29, 0.717) is 5.57 Å². The van der Waals surface area contributed by atoms with Crippen molar-refractivity contribution in [3.05, 3.63) is 70.8 Å². The fourth-order valence-electron chi connectivity index (χ4n) is 3.59. The van der Waals surface area contributed by atoms with Gasteiger partial charge in [0.25, 0.3) is 5.91 Å². The number of benzene rings is 2. The molecule has 4 rings (SSSR count). The van der Waals surface area contributed by atoms with Crippen molar-refractivity contribution >= 4 is 23.6 Å². The third-order valence-electron chi connectivity index (χ3n) is 5.03. The lowest BCUT2D eigenvalue weighted by molar-refractivity contribution is -0.135. The van der Waals surface area contributed by atoms with Crippen LogP contribution in [0.3, 0.4) is 0 Å². The van der Waals surface area contributed by atoms with Gasteiger partial charge in [-0.2, -0.15) is 0 Å². The number of likely N-dealkylation sites (N-methyl/N-ethyl adjacent to an activating group) is 1. The summed E-state index contributed by atoms with van der Waals surface area (Å²) in [5.41, 5.74) is 5.43. The third kappa shape index (κ3) is 2.84. The predicted octanol–water partition coefficient (Wildman–Crippen LogP) is 3.02. The Morgan fingerprint density at radius 3 is 2.44 bits per heavy atom. The van der Waals surface area contributed by atoms with Crippen LogP contribution in [-0.4, -0.2) is 30.3 Å². The number of imide groups is 1. The zero-order chi connectivity index (χ0) is 17.4. The van der Waals surface area contributed by atoms with E-state index in [2.05, 4.69) is 35.2 Å². The van der Waals surface area contributed by atoms with Gasteiger partial charge in [-0.1, -0.05) is 42.5 Å². The number of hydrogen-bond donors (Lipinski definition) is 0. The summed E-state index contributed by atoms with van der Waals surface area (Å²) in [7, 11) is 1.54. The minimum absolute atomic E-state index is 0.138. The normalized spacial score (nSPS) is 18.8. The highest BCUT2D eigenvalue weighted by Crippen LogP contribution is 2.30. The molecule has 0 spiro atoms. The SMILES string of the molecule is CN1C(=O)C/C(=C\c2ccccc2N2CCc3ccccc3C2)C1=O. The fraction of sp³-hybridized carbons (Fsp3) is 0.238. The Hall–Kier alpha value is -2.88. The van der Waals surface area contributed by atoms with Crippen molar-refractivity contribution in [2.45, 2.75) is 19.4 Å². The van der Waals surface area contributed by atoms with Gasteiger partial charge in [-0.3, -0.25) is 14.5 Å². The second-order valence-electron chi connectivity index (χ2n) is 6.60. The molecule has 0 atom stereocenters. The summed E-state index contributed by atoms with van der Waals surface area (Å²) >= 11 is 0. The number of anilines is 1. The Balaban J connectivity index is 1.67. The number of rotatable bonds is 2. The van der Waals surface area contributed by atoms with Gasteiger partial charge < -0.3 is 4.90 Å². The first kappa shape index (κ1) is 15.6. The van der Waals surface area contributed by atoms with E-state index in [4.69, 9.17) is 0 Å². The minimum Gasteiger partial charge on any atom is -0.366 e. The van der Waals surface area contributed by atoms with Gasteiger partial charge in [0, 0.05) is 31.4 Å². The van der Waals surface area contributed by atoms with E-state index in [1.165, 1.54) is 16.0 Å². The van der Waals surface area contributed by atoms with Crippen molar-refractivity contribution in [1.29, 1.82) is 0 Å². The molecule has 0 bridgehead atoms. The second-order valence-corrected chi connectivity index (χ2v) is 6.60. The van der Waals surface area contributed by atoms with Gasteiger partial charge in [0.15, 0.2) is 0 Å². The average Bonchev–Trinajstić information content (AvgIpc) is 2.88. The molecule has 0 N–H and O–H groups in total. The van der Waals surface area contributed by atoms with Crippen LogP contribution in [0, 0.1) is 0 Å². The molecule has 0 aromatic heterocycles. The molecule has 2 aliphatic heterocycles. The highest BCUT2D eigenvalue weighted by molar-refractivity contribution is 6.15. The van der Waals surface area contributed by atoms with Crippen molar-refractivity contribution in [2.75, 3.05) is 18.5 Å². The Kier molecular flexibility index (Phi) is 3.88. The summed E-state index contributed by atoms with van der Waals surface area (Å²) in [4.78, 5) is 27.5. The van der Waals surface area contributed by atoms with Crippen LogP contribution in [0.4, 0.5) is 5.69 Å². The van der Waals surface area contributed by atoms with Crippen LogP contribution in [0.15, 0.2) is 54.1 Å². The van der Waals surface area contributed by atoms with Gasteiger partial charge in [-0.05, 0) is 35.3 Å². The molecule has 2 heterocycles. The zero-order valence-electron chi connectivity index (χ0n) is 14.2. The number of amides is 2. The molecule has 4 heteroatoms. The van der Waals surface area contributed by atoms with E-state index in [1.807, 2.05) is 24.3 Å². The smallest absolute Gasteiger partial charge is 0.256 e. The fourth-order valence-corrected chi connectivity index (χ4v) is 3.59. The first-order valence-electron chi connectivity index (χ1n) is 8.56. The second kappa shape index (κ2) is 6.20. The molecule has 0 saturated carbocycles. The third-order valence-corrected chi connectivity index (χ3v) is 5.03. The molecule has 0 aliphatic carbocycles. The van der Waals surface area contributed by atoms with Crippen LogP contribution in [0.2, 0.25) is 0 Å². The van der Waals surface area contributed by atoms with Crippen molar-refractivity contribution in [2.24, 2.45) is 0 Å². The molecule has 2 amide bonds. The van der Waals surface area contributed by atoms with Crippen LogP contribution in [0.5, 0.6) is 0 Å². The van der Waals surface area contributed by atoms with Crippen molar-refractivity contribution < 1.29 is 9.59 Å². The van der Waals surface area contributed by atoms with Crippen LogP contribution >= 0.6 is 0 Å². The number of nitrogens with zero attached hydrogens (tertiary/aromatic N) is 2. The summed E-state index contributed by atoms with van der Waals surface area (Å²) in [5, 5.41) is 0. The molecule has 2 aromatic carbocycles. The van der Waals surface area contributed by atoms with Gasteiger partial charge in [0.2, 0.25) is 5.91 Å². The van der Waals surface area contributed by atoms with Crippen molar-refractivity contribution in [1.82, 2.24) is 4.90 Å². The summed E-state index contributed by atoms with van der Waals surface area (Å²) in [6.07, 6.45) is 3.08. The molecule has 2 aromatic rings. The first-order chi connectivity index (χ1) is 12.1. The number of likely N-dealkylation sites (tertiary alicyclic amines) is 1. The summed E-state index contributed by atoms with van der Waals surface area (Å²) in [6, 6.07) is 16.6. The minimum atomic E-state index is -0.191. The van der Waals surface area contributed by atoms with E-state index >= 15 is 0 Å². The first-order valence-corrected chi connectivity index (χ1v) is 8.56. The summed E-state index contributed by atoms with van der Waals surface area (Å²) in [6.45, 7) is 1.81. The van der Waals surface area contributed by atoms with E-state index in [9.17, 15) is 9.59 Å². The lowest BCUT2D eigenvalue weighted by atomic mass is 9.98. The van der Waals surface area contributed by atoms with Crippen LogP contribution in [0.25, 0.3) is 6.08 Å². The van der Waals surface area contributed by atoms with Gasteiger partial charge in [0.05, 0.1) is 6.42 Å². The van der Waals surface area contributed by atoms with Gasteiger partial charge in [-0.15, -0.1) is 0 Å². The topological polar surface area (TPSA) is 40.6 Å². The standard InChI is InChI=1S/C21H20N2O2/c1-22-20(24)13-18(21(22)25)12-16-7-4-5-9-19(16)23-11-10-15-6-2-3-8-17(15)14-23/h2-9,12H,10-11,13-14H2,1H3/b18-12+. The molecule has 0 unspecified atom stereocenters. The number of carbonyl (C=O) groups is 2. The summed E-state index contributed by atoms with van der Waals surface area (Å²) < 4.78 is 0. The van der Waals surface area contributed by atoms with Crippen LogP contribution in [0.1, 0.15) is 23.1 Å². The maximum absolute atomic E-state index is 12.2. The van der Waals surface area contributed by atoms with Gasteiger partial charge in [-0.25, -0.2) is 0 Å². The van der Waals surface area contributed by atoms with Gasteiger partial charge in [0.1, 0.15) is 0 Å². The molecular weight excluding hydrogens is 312 g/mol. The number of hydrogen-bond acceptors (Lipinski definition) is 3. The van der Waals surface area contributed by atoms with Crippen LogP contribution in [-0.2, 0) is 22.6 Å². The Morgan fingerprint density at radius 2 is 1.68 bits per heavy atom.